The highest BCUT2D eigenvalue weighted by atomic mass is 16.6. The molecule has 0 aromatic carbocycles. The monoisotopic (exact) mass is 309 g/mol. The van der Waals surface area contributed by atoms with E-state index in [1.807, 2.05) is 39.4 Å². The van der Waals surface area contributed by atoms with Crippen LogP contribution < -0.4 is 10.6 Å². The highest BCUT2D eigenvalue weighted by Crippen LogP contribution is 2.26. The number of nitrogens with two attached hydrogens (primary N) is 1. The van der Waals surface area contributed by atoms with Crippen molar-refractivity contribution in [3.8, 4) is 0 Å². The molecule has 0 radical (unpaired) electrons. The molecule has 0 atom stereocenters. The fourth-order valence-electron chi connectivity index (χ4n) is 2.68. The molecule has 7 heteroatoms. The molecule has 1 aromatic heterocycles. The van der Waals surface area contributed by atoms with Crippen LogP contribution in [0, 0.1) is 6.92 Å². The molecule has 7 nitrogen and oxygen atoms in total. The van der Waals surface area contributed by atoms with Gasteiger partial charge in [0.2, 0.25) is 0 Å². The molecule has 0 spiro atoms. The van der Waals surface area contributed by atoms with Crippen LogP contribution in [0.5, 0.6) is 0 Å². The van der Waals surface area contributed by atoms with Gasteiger partial charge in [0.15, 0.2) is 0 Å². The zero-order valence-electron chi connectivity index (χ0n) is 14.2. The SMILES string of the molecule is Cc1nn(C)c(N2CCCN(C(=O)OC(C)(C)C)CC2)c1N. The fraction of sp³-hybridized carbons (Fsp3) is 0.733. The van der Waals surface area contributed by atoms with Gasteiger partial charge >= 0.3 is 6.09 Å². The van der Waals surface area contributed by atoms with Crippen molar-refractivity contribution in [1.29, 1.82) is 0 Å². The van der Waals surface area contributed by atoms with Gasteiger partial charge in [-0.25, -0.2) is 4.79 Å². The van der Waals surface area contributed by atoms with Gasteiger partial charge in [-0.1, -0.05) is 0 Å². The first kappa shape index (κ1) is 16.5. The molecule has 0 saturated carbocycles. The van der Waals surface area contributed by atoms with E-state index in [0.717, 1.165) is 31.0 Å². The summed E-state index contributed by atoms with van der Waals surface area (Å²) < 4.78 is 7.26. The molecule has 2 heterocycles. The van der Waals surface area contributed by atoms with Gasteiger partial charge in [0.25, 0.3) is 0 Å². The second kappa shape index (κ2) is 6.06. The largest absolute Gasteiger partial charge is 0.444 e. The van der Waals surface area contributed by atoms with Crippen molar-refractivity contribution < 1.29 is 9.53 Å². The Hall–Kier alpha value is -1.92. The number of anilines is 2. The van der Waals surface area contributed by atoms with Crippen LogP contribution in [0.1, 0.15) is 32.9 Å². The minimum atomic E-state index is -0.466. The van der Waals surface area contributed by atoms with Gasteiger partial charge in [0.1, 0.15) is 11.4 Å². The van der Waals surface area contributed by atoms with E-state index in [0.29, 0.717) is 18.8 Å². The number of nitrogen functional groups attached to an aromatic ring is 1. The maximum absolute atomic E-state index is 12.2. The molecule has 1 aliphatic rings. The summed E-state index contributed by atoms with van der Waals surface area (Å²) in [6.45, 7) is 10.5. The summed E-state index contributed by atoms with van der Waals surface area (Å²) in [6.07, 6.45) is 0.631. The van der Waals surface area contributed by atoms with Crippen LogP contribution in [0.2, 0.25) is 0 Å². The molecule has 124 valence electrons. The summed E-state index contributed by atoms with van der Waals surface area (Å²) in [4.78, 5) is 16.2. The summed E-state index contributed by atoms with van der Waals surface area (Å²) in [5.41, 5.74) is 7.22. The lowest BCUT2D eigenvalue weighted by Crippen LogP contribution is -2.39. The highest BCUT2D eigenvalue weighted by molar-refractivity contribution is 5.69. The van der Waals surface area contributed by atoms with E-state index >= 15 is 0 Å². The molecular formula is C15H27N5O2. The van der Waals surface area contributed by atoms with Crippen molar-refractivity contribution in [2.24, 2.45) is 7.05 Å². The number of nitrogens with zero attached hydrogens (tertiary/aromatic N) is 4. The second-order valence-electron chi connectivity index (χ2n) is 6.75. The average Bonchev–Trinajstić information content (AvgIpc) is 2.57. The van der Waals surface area contributed by atoms with Crippen molar-refractivity contribution in [3.05, 3.63) is 5.69 Å². The molecule has 1 amide bonds. The topological polar surface area (TPSA) is 76.6 Å². The third-order valence-corrected chi connectivity index (χ3v) is 3.68. The highest BCUT2D eigenvalue weighted by Gasteiger charge is 2.26. The Morgan fingerprint density at radius 1 is 1.23 bits per heavy atom. The van der Waals surface area contributed by atoms with Gasteiger partial charge < -0.3 is 20.3 Å². The summed E-state index contributed by atoms with van der Waals surface area (Å²) in [7, 11) is 1.90. The van der Waals surface area contributed by atoms with Crippen molar-refractivity contribution in [1.82, 2.24) is 14.7 Å². The van der Waals surface area contributed by atoms with Crippen LogP contribution in [-0.2, 0) is 11.8 Å². The molecule has 2 N–H and O–H groups in total. The van der Waals surface area contributed by atoms with Gasteiger partial charge in [-0.05, 0) is 34.1 Å². The first-order valence-corrected chi connectivity index (χ1v) is 7.71. The molecule has 1 fully saturated rings. The van der Waals surface area contributed by atoms with Gasteiger partial charge in [0.05, 0.1) is 11.4 Å². The normalized spacial score (nSPS) is 16.6. The number of carbonyl (C=O) groups is 1. The Kier molecular flexibility index (Phi) is 4.53. The van der Waals surface area contributed by atoms with E-state index in [-0.39, 0.29) is 6.09 Å². The predicted octanol–water partition coefficient (Wildman–Crippen LogP) is 1.76. The summed E-state index contributed by atoms with van der Waals surface area (Å²) in [6, 6.07) is 0. The predicted molar refractivity (Wildman–Crippen MR) is 87.0 cm³/mol. The molecule has 1 aromatic rings. The van der Waals surface area contributed by atoms with Gasteiger partial charge in [-0.15, -0.1) is 0 Å². The Morgan fingerprint density at radius 3 is 2.45 bits per heavy atom. The van der Waals surface area contributed by atoms with Crippen molar-refractivity contribution in [2.75, 3.05) is 36.8 Å². The number of aryl methyl sites for hydroxylation is 2. The van der Waals surface area contributed by atoms with Crippen LogP contribution in [0.3, 0.4) is 0 Å². The van der Waals surface area contributed by atoms with Gasteiger partial charge in [-0.3, -0.25) is 4.68 Å². The maximum Gasteiger partial charge on any atom is 0.410 e. The van der Waals surface area contributed by atoms with Crippen molar-refractivity contribution in [2.45, 2.75) is 39.7 Å². The first-order valence-electron chi connectivity index (χ1n) is 7.71. The molecule has 2 rings (SSSR count). The average molecular weight is 309 g/mol. The summed E-state index contributed by atoms with van der Waals surface area (Å²) in [5.74, 6) is 0.934. The number of carbonyl (C=O) groups excluding carboxylic acids is 1. The number of hydrogen-bond acceptors (Lipinski definition) is 5. The third kappa shape index (κ3) is 3.64. The molecule has 22 heavy (non-hydrogen) atoms. The number of aromatic nitrogens is 2. The van der Waals surface area contributed by atoms with Crippen molar-refractivity contribution >= 4 is 17.6 Å². The third-order valence-electron chi connectivity index (χ3n) is 3.68. The summed E-state index contributed by atoms with van der Waals surface area (Å²) in [5, 5.41) is 4.36. The van der Waals surface area contributed by atoms with E-state index in [1.165, 1.54) is 0 Å². The molecular weight excluding hydrogens is 282 g/mol. The number of amides is 1. The Bertz CT molecular complexity index is 547. The first-order chi connectivity index (χ1) is 10.2. The minimum Gasteiger partial charge on any atom is -0.444 e. The van der Waals surface area contributed by atoms with Crippen LogP contribution in [0.4, 0.5) is 16.3 Å². The van der Waals surface area contributed by atoms with Gasteiger partial charge in [-0.2, -0.15) is 5.10 Å². The Morgan fingerprint density at radius 2 is 1.91 bits per heavy atom. The molecule has 1 saturated heterocycles. The van der Waals surface area contributed by atoms with E-state index in [9.17, 15) is 4.79 Å². The Balaban J connectivity index is 2.05. The number of rotatable bonds is 1. The van der Waals surface area contributed by atoms with E-state index in [4.69, 9.17) is 10.5 Å². The second-order valence-corrected chi connectivity index (χ2v) is 6.75. The van der Waals surface area contributed by atoms with E-state index in [1.54, 1.807) is 4.90 Å². The van der Waals surface area contributed by atoms with Crippen molar-refractivity contribution in [3.63, 3.8) is 0 Å². The van der Waals surface area contributed by atoms with Crippen LogP contribution >= 0.6 is 0 Å². The molecule has 0 unspecified atom stereocenters. The lowest BCUT2D eigenvalue weighted by molar-refractivity contribution is 0.0263. The molecule has 1 aliphatic heterocycles. The smallest absolute Gasteiger partial charge is 0.410 e. The quantitative estimate of drug-likeness (QED) is 0.855. The fourth-order valence-corrected chi connectivity index (χ4v) is 2.68. The minimum absolute atomic E-state index is 0.247. The van der Waals surface area contributed by atoms with Crippen LogP contribution in [0.25, 0.3) is 0 Å². The zero-order chi connectivity index (χ0) is 16.5. The standard InChI is InChI=1S/C15H27N5O2/c1-11-12(16)13(18(5)17-11)19-7-6-8-20(10-9-19)14(21)22-15(2,3)4/h6-10,16H2,1-5H3. The zero-order valence-corrected chi connectivity index (χ0v) is 14.2. The van der Waals surface area contributed by atoms with Gasteiger partial charge in [0, 0.05) is 33.2 Å². The number of hydrogen-bond donors (Lipinski definition) is 1. The number of ether oxygens (including phenoxy) is 1. The molecule has 0 aliphatic carbocycles. The molecule has 0 bridgehead atoms. The van der Waals surface area contributed by atoms with Crippen LogP contribution in [-0.4, -0.2) is 52.6 Å². The van der Waals surface area contributed by atoms with E-state index < -0.39 is 5.60 Å². The Labute approximate surface area is 132 Å². The maximum atomic E-state index is 12.2. The van der Waals surface area contributed by atoms with Crippen LogP contribution in [0.15, 0.2) is 0 Å². The lowest BCUT2D eigenvalue weighted by Gasteiger charge is -2.27. The van der Waals surface area contributed by atoms with E-state index in [2.05, 4.69) is 10.00 Å². The lowest BCUT2D eigenvalue weighted by atomic mass is 10.2. The summed E-state index contributed by atoms with van der Waals surface area (Å²) >= 11 is 0.